The molecule has 1 fully saturated rings. The maximum absolute atomic E-state index is 13.7. The number of fused-ring (bicyclic) bond motifs is 2. The third-order valence-electron chi connectivity index (χ3n) is 6.50. The summed E-state index contributed by atoms with van der Waals surface area (Å²) in [5, 5.41) is 4.35. The van der Waals surface area contributed by atoms with Gasteiger partial charge in [0.2, 0.25) is 5.91 Å². The number of pyridine rings is 1. The SMILES string of the molecule is Cc1cccc([C@@]2(C(=O)N3Cc4cn(S(=O)(=O)c5ccc6ncsc6c5)nc4C3)CCOC2)n1. The highest BCUT2D eigenvalue weighted by atomic mass is 32.2. The molecule has 0 N–H and O–H groups in total. The van der Waals surface area contributed by atoms with E-state index in [-0.39, 0.29) is 24.0 Å². The maximum Gasteiger partial charge on any atom is 0.283 e. The Labute approximate surface area is 200 Å². The second-order valence-corrected chi connectivity index (χ2v) is 11.4. The van der Waals surface area contributed by atoms with Crippen LogP contribution in [0.2, 0.25) is 0 Å². The van der Waals surface area contributed by atoms with Crippen LogP contribution in [0.15, 0.2) is 53.0 Å². The molecule has 9 nitrogen and oxygen atoms in total. The molecule has 4 aromatic rings. The van der Waals surface area contributed by atoms with Crippen LogP contribution in [0.1, 0.15) is 29.1 Å². The summed E-state index contributed by atoms with van der Waals surface area (Å²) in [6, 6.07) is 10.5. The van der Waals surface area contributed by atoms with E-state index in [1.54, 1.807) is 28.6 Å². The first-order chi connectivity index (χ1) is 16.4. The van der Waals surface area contributed by atoms with Crippen molar-refractivity contribution in [2.75, 3.05) is 13.2 Å². The Bertz CT molecular complexity index is 1510. The summed E-state index contributed by atoms with van der Waals surface area (Å²) in [6.07, 6.45) is 2.07. The van der Waals surface area contributed by atoms with Crippen molar-refractivity contribution in [2.45, 2.75) is 36.7 Å². The fourth-order valence-electron chi connectivity index (χ4n) is 4.66. The van der Waals surface area contributed by atoms with E-state index in [0.29, 0.717) is 31.0 Å². The lowest BCUT2D eigenvalue weighted by Crippen LogP contribution is -2.46. The van der Waals surface area contributed by atoms with E-state index < -0.39 is 15.4 Å². The van der Waals surface area contributed by atoms with Gasteiger partial charge in [0.15, 0.2) is 0 Å². The van der Waals surface area contributed by atoms with Crippen molar-refractivity contribution in [3.63, 3.8) is 0 Å². The quantitative estimate of drug-likeness (QED) is 0.428. The summed E-state index contributed by atoms with van der Waals surface area (Å²) in [4.78, 5) is 24.4. The standard InChI is InChI=1S/C23H21N5O4S2/c1-15-3-2-4-21(25-15)23(7-8-32-13-23)22(29)27-10-16-11-28(26-19(16)12-27)34(30,31)17-5-6-18-20(9-17)33-14-24-18/h2-6,9,11,14H,7-8,10,12-13H2,1H3/t23-/m1/s1. The highest BCUT2D eigenvalue weighted by molar-refractivity contribution is 7.89. The number of rotatable bonds is 4. The molecule has 11 heteroatoms. The van der Waals surface area contributed by atoms with Gasteiger partial charge < -0.3 is 9.64 Å². The van der Waals surface area contributed by atoms with Crippen LogP contribution in [0.25, 0.3) is 10.2 Å². The Balaban J connectivity index is 1.27. The molecule has 5 heterocycles. The Hall–Kier alpha value is -3.15. The van der Waals surface area contributed by atoms with Gasteiger partial charge in [-0.3, -0.25) is 9.78 Å². The number of amides is 1. The van der Waals surface area contributed by atoms with Gasteiger partial charge in [0.05, 0.1) is 45.2 Å². The highest BCUT2D eigenvalue weighted by Gasteiger charge is 2.48. The predicted molar refractivity (Wildman–Crippen MR) is 125 cm³/mol. The van der Waals surface area contributed by atoms with Crippen LogP contribution < -0.4 is 0 Å². The number of benzene rings is 1. The van der Waals surface area contributed by atoms with Crippen molar-refractivity contribution in [2.24, 2.45) is 0 Å². The van der Waals surface area contributed by atoms with Crippen LogP contribution in [0.4, 0.5) is 0 Å². The molecule has 0 spiro atoms. The van der Waals surface area contributed by atoms with E-state index in [2.05, 4.69) is 15.1 Å². The first-order valence-electron chi connectivity index (χ1n) is 10.8. The Kier molecular flexibility index (Phi) is 4.84. The van der Waals surface area contributed by atoms with Crippen LogP contribution >= 0.6 is 11.3 Å². The number of carbonyl (C=O) groups excluding carboxylic acids is 1. The minimum Gasteiger partial charge on any atom is -0.380 e. The number of carbonyl (C=O) groups is 1. The monoisotopic (exact) mass is 495 g/mol. The first kappa shape index (κ1) is 21.4. The molecule has 34 heavy (non-hydrogen) atoms. The maximum atomic E-state index is 13.7. The smallest absolute Gasteiger partial charge is 0.283 e. The zero-order chi connectivity index (χ0) is 23.5. The molecule has 0 unspecified atom stereocenters. The lowest BCUT2D eigenvalue weighted by molar-refractivity contribution is -0.138. The predicted octanol–water partition coefficient (Wildman–Crippen LogP) is 2.63. The van der Waals surface area contributed by atoms with E-state index in [4.69, 9.17) is 4.74 Å². The van der Waals surface area contributed by atoms with Gasteiger partial charge in [0.1, 0.15) is 5.41 Å². The van der Waals surface area contributed by atoms with Crippen molar-refractivity contribution in [3.05, 3.63) is 70.8 Å². The average Bonchev–Trinajstić information content (AvgIpc) is 3.61. The largest absolute Gasteiger partial charge is 0.380 e. The second kappa shape index (κ2) is 7.69. The number of hydrogen-bond acceptors (Lipinski definition) is 8. The molecule has 2 aliphatic rings. The molecule has 2 aliphatic heterocycles. The fraction of sp³-hybridized carbons (Fsp3) is 0.304. The van der Waals surface area contributed by atoms with Crippen LogP contribution in [-0.2, 0) is 38.1 Å². The summed E-state index contributed by atoms with van der Waals surface area (Å²) in [6.45, 7) is 3.22. The van der Waals surface area contributed by atoms with Crippen LogP contribution in [0.3, 0.4) is 0 Å². The van der Waals surface area contributed by atoms with Crippen LogP contribution in [0.5, 0.6) is 0 Å². The molecule has 1 saturated heterocycles. The number of aromatic nitrogens is 4. The van der Waals surface area contributed by atoms with E-state index in [9.17, 15) is 13.2 Å². The van der Waals surface area contributed by atoms with E-state index in [1.165, 1.54) is 17.5 Å². The summed E-state index contributed by atoms with van der Waals surface area (Å²) in [5.41, 5.74) is 4.48. The topological polar surface area (TPSA) is 107 Å². The minimum atomic E-state index is -3.85. The van der Waals surface area contributed by atoms with Crippen molar-refractivity contribution in [1.29, 1.82) is 0 Å². The van der Waals surface area contributed by atoms with Crippen molar-refractivity contribution in [1.82, 2.24) is 24.1 Å². The highest BCUT2D eigenvalue weighted by Crippen LogP contribution is 2.37. The van der Waals surface area contributed by atoms with E-state index in [1.807, 2.05) is 25.1 Å². The zero-order valence-electron chi connectivity index (χ0n) is 18.3. The van der Waals surface area contributed by atoms with Gasteiger partial charge in [0.25, 0.3) is 10.0 Å². The Morgan fingerprint density at radius 3 is 2.85 bits per heavy atom. The van der Waals surface area contributed by atoms with E-state index in [0.717, 1.165) is 25.6 Å². The molecule has 0 radical (unpaired) electrons. The number of thiazole rings is 1. The third kappa shape index (κ3) is 3.26. The molecule has 1 amide bonds. The van der Waals surface area contributed by atoms with Gasteiger partial charge in [0, 0.05) is 30.6 Å². The lowest BCUT2D eigenvalue weighted by atomic mass is 9.81. The first-order valence-corrected chi connectivity index (χ1v) is 13.2. The Morgan fingerprint density at radius 1 is 1.21 bits per heavy atom. The molecule has 1 aromatic carbocycles. The summed E-state index contributed by atoms with van der Waals surface area (Å²) in [5.74, 6) is -0.0637. The van der Waals surface area contributed by atoms with E-state index >= 15 is 0 Å². The minimum absolute atomic E-state index is 0.0637. The summed E-state index contributed by atoms with van der Waals surface area (Å²) < 4.78 is 33.8. The molecule has 0 aliphatic carbocycles. The molecule has 0 bridgehead atoms. The number of ether oxygens (including phenoxy) is 1. The molecule has 174 valence electrons. The second-order valence-electron chi connectivity index (χ2n) is 8.67. The van der Waals surface area contributed by atoms with Crippen molar-refractivity contribution < 1.29 is 17.9 Å². The molecular formula is C23H21N5O4S2. The summed E-state index contributed by atoms with van der Waals surface area (Å²) >= 11 is 1.39. The van der Waals surface area contributed by atoms with Crippen molar-refractivity contribution >= 4 is 37.5 Å². The third-order valence-corrected chi connectivity index (χ3v) is 8.82. The molecule has 1 atom stereocenters. The van der Waals surface area contributed by atoms with Crippen LogP contribution in [-0.4, -0.2) is 51.6 Å². The number of aryl methyl sites for hydroxylation is 1. The summed E-state index contributed by atoms with van der Waals surface area (Å²) in [7, 11) is -3.85. The van der Waals surface area contributed by atoms with Gasteiger partial charge in [-0.1, -0.05) is 6.07 Å². The molecule has 6 rings (SSSR count). The lowest BCUT2D eigenvalue weighted by Gasteiger charge is -2.30. The fourth-order valence-corrected chi connectivity index (χ4v) is 6.64. The normalized spacial score (nSPS) is 20.2. The zero-order valence-corrected chi connectivity index (χ0v) is 20.0. The average molecular weight is 496 g/mol. The van der Waals surface area contributed by atoms with Gasteiger partial charge in [-0.2, -0.15) is 17.6 Å². The van der Waals surface area contributed by atoms with Gasteiger partial charge >= 0.3 is 0 Å². The molecule has 3 aromatic heterocycles. The van der Waals surface area contributed by atoms with Crippen LogP contribution in [0, 0.1) is 6.92 Å². The number of nitrogens with zero attached hydrogens (tertiary/aromatic N) is 5. The molecule has 0 saturated carbocycles. The van der Waals surface area contributed by atoms with Crippen molar-refractivity contribution in [3.8, 4) is 0 Å². The van der Waals surface area contributed by atoms with Gasteiger partial charge in [-0.15, -0.1) is 11.3 Å². The number of hydrogen-bond donors (Lipinski definition) is 0. The molecular weight excluding hydrogens is 474 g/mol. The van der Waals surface area contributed by atoms with Gasteiger partial charge in [-0.25, -0.2) is 4.98 Å². The van der Waals surface area contributed by atoms with Gasteiger partial charge in [-0.05, 0) is 43.7 Å². The Morgan fingerprint density at radius 2 is 2.09 bits per heavy atom.